The summed E-state index contributed by atoms with van der Waals surface area (Å²) in [5, 5.41) is 0. The summed E-state index contributed by atoms with van der Waals surface area (Å²) in [7, 11) is 0. The zero-order valence-corrected chi connectivity index (χ0v) is 17.7. The van der Waals surface area contributed by atoms with Crippen molar-refractivity contribution < 1.29 is 0 Å². The van der Waals surface area contributed by atoms with Gasteiger partial charge in [-0.15, -0.1) is 0 Å². The molecule has 4 aromatic carbocycles. The number of hydrogen-bond acceptors (Lipinski definition) is 0. The SMILES string of the molecule is C=C(Cc1ccc2c(c1)-c1ccccc1C2(C)C)c1cccc(-c2ccccc2)c1. The molecule has 0 radical (unpaired) electrons. The average molecular weight is 387 g/mol. The normalized spacial score (nSPS) is 13.5. The standard InChI is InChI=1S/C30H26/c1-21(24-12-9-13-25(20-24)23-10-5-4-6-11-23)18-22-16-17-29-27(19-22)26-14-7-8-15-28(26)30(29,2)3/h4-17,19-20H,1,18H2,2-3H3. The van der Waals surface area contributed by atoms with Gasteiger partial charge >= 0.3 is 0 Å². The Balaban J connectivity index is 1.45. The van der Waals surface area contributed by atoms with Gasteiger partial charge in [0.05, 0.1) is 0 Å². The first-order chi connectivity index (χ1) is 14.5. The van der Waals surface area contributed by atoms with Crippen LogP contribution in [-0.4, -0.2) is 0 Å². The van der Waals surface area contributed by atoms with Crippen molar-refractivity contribution in [2.45, 2.75) is 25.7 Å². The first kappa shape index (κ1) is 18.6. The third-order valence-electron chi connectivity index (χ3n) is 6.44. The summed E-state index contributed by atoms with van der Waals surface area (Å²) in [5.74, 6) is 0. The van der Waals surface area contributed by atoms with Crippen LogP contribution >= 0.6 is 0 Å². The highest BCUT2D eigenvalue weighted by Crippen LogP contribution is 2.48. The summed E-state index contributed by atoms with van der Waals surface area (Å²) in [6.45, 7) is 9.07. The molecule has 0 spiro atoms. The number of allylic oxidation sites excluding steroid dienone is 1. The maximum atomic E-state index is 4.42. The fraction of sp³-hybridized carbons (Fsp3) is 0.133. The lowest BCUT2D eigenvalue weighted by Crippen LogP contribution is -2.14. The van der Waals surface area contributed by atoms with Crippen LogP contribution in [0.25, 0.3) is 27.8 Å². The molecule has 0 amide bonds. The number of hydrogen-bond donors (Lipinski definition) is 0. The minimum absolute atomic E-state index is 0.0610. The van der Waals surface area contributed by atoms with Crippen molar-refractivity contribution in [2.24, 2.45) is 0 Å². The van der Waals surface area contributed by atoms with Crippen molar-refractivity contribution in [3.63, 3.8) is 0 Å². The predicted molar refractivity (Wildman–Crippen MR) is 129 cm³/mol. The lowest BCUT2D eigenvalue weighted by atomic mass is 9.82. The van der Waals surface area contributed by atoms with Gasteiger partial charge in [-0.1, -0.05) is 111 Å². The lowest BCUT2D eigenvalue weighted by molar-refractivity contribution is 0.660. The van der Waals surface area contributed by atoms with Crippen molar-refractivity contribution in [3.05, 3.63) is 126 Å². The molecular weight excluding hydrogens is 360 g/mol. The van der Waals surface area contributed by atoms with Gasteiger partial charge in [0.2, 0.25) is 0 Å². The second kappa shape index (κ2) is 7.15. The third kappa shape index (κ3) is 3.09. The van der Waals surface area contributed by atoms with E-state index in [9.17, 15) is 0 Å². The zero-order valence-electron chi connectivity index (χ0n) is 17.7. The second-order valence-corrected chi connectivity index (χ2v) is 8.78. The summed E-state index contributed by atoms with van der Waals surface area (Å²) in [6.07, 6.45) is 0.855. The number of fused-ring (bicyclic) bond motifs is 3. The monoisotopic (exact) mass is 386 g/mol. The van der Waals surface area contributed by atoms with Crippen LogP contribution in [0.4, 0.5) is 0 Å². The summed E-state index contributed by atoms with van der Waals surface area (Å²) in [5.41, 5.74) is 11.8. The highest BCUT2D eigenvalue weighted by atomic mass is 14.4. The van der Waals surface area contributed by atoms with E-state index in [0.29, 0.717) is 0 Å². The Labute approximate surface area is 179 Å². The van der Waals surface area contributed by atoms with E-state index in [0.717, 1.165) is 12.0 Å². The van der Waals surface area contributed by atoms with E-state index in [4.69, 9.17) is 0 Å². The Hall–Kier alpha value is -3.38. The maximum absolute atomic E-state index is 4.42. The van der Waals surface area contributed by atoms with Crippen LogP contribution in [0.3, 0.4) is 0 Å². The number of rotatable bonds is 4. The summed E-state index contributed by atoms with van der Waals surface area (Å²) in [6, 6.07) is 35.0. The van der Waals surface area contributed by atoms with Crippen molar-refractivity contribution in [1.29, 1.82) is 0 Å². The van der Waals surface area contributed by atoms with Gasteiger partial charge in [-0.3, -0.25) is 0 Å². The van der Waals surface area contributed by atoms with Crippen molar-refractivity contribution in [1.82, 2.24) is 0 Å². The van der Waals surface area contributed by atoms with Gasteiger partial charge in [-0.2, -0.15) is 0 Å². The van der Waals surface area contributed by atoms with Gasteiger partial charge in [0.25, 0.3) is 0 Å². The molecule has 30 heavy (non-hydrogen) atoms. The minimum atomic E-state index is 0.0610. The first-order valence-corrected chi connectivity index (χ1v) is 10.6. The molecule has 5 rings (SSSR count). The molecule has 0 aliphatic heterocycles. The number of benzene rings is 4. The molecule has 146 valence electrons. The molecule has 0 bridgehead atoms. The van der Waals surface area contributed by atoms with Crippen molar-refractivity contribution in [3.8, 4) is 22.3 Å². The molecule has 0 unspecified atom stereocenters. The molecular formula is C30H26. The molecule has 0 nitrogen and oxygen atoms in total. The van der Waals surface area contributed by atoms with E-state index in [1.807, 2.05) is 0 Å². The van der Waals surface area contributed by atoms with Gasteiger partial charge < -0.3 is 0 Å². The van der Waals surface area contributed by atoms with Crippen LogP contribution in [-0.2, 0) is 11.8 Å². The van der Waals surface area contributed by atoms with E-state index >= 15 is 0 Å². The van der Waals surface area contributed by atoms with E-state index in [1.165, 1.54) is 44.5 Å². The van der Waals surface area contributed by atoms with Crippen molar-refractivity contribution >= 4 is 5.57 Å². The van der Waals surface area contributed by atoms with Crippen molar-refractivity contribution in [2.75, 3.05) is 0 Å². The highest BCUT2D eigenvalue weighted by molar-refractivity contribution is 5.81. The van der Waals surface area contributed by atoms with Gasteiger partial charge in [-0.05, 0) is 62.6 Å². The first-order valence-electron chi connectivity index (χ1n) is 10.6. The van der Waals surface area contributed by atoms with Crippen LogP contribution in [0.1, 0.15) is 36.1 Å². The van der Waals surface area contributed by atoms with Gasteiger partial charge in [0.15, 0.2) is 0 Å². The van der Waals surface area contributed by atoms with Gasteiger partial charge in [-0.25, -0.2) is 0 Å². The molecule has 1 aliphatic carbocycles. The van der Waals surface area contributed by atoms with Crippen LogP contribution in [0.15, 0.2) is 104 Å². The Morgan fingerprint density at radius 1 is 0.667 bits per heavy atom. The van der Waals surface area contributed by atoms with Gasteiger partial charge in [0, 0.05) is 5.41 Å². The Morgan fingerprint density at radius 3 is 2.20 bits per heavy atom. The Kier molecular flexibility index (Phi) is 4.44. The average Bonchev–Trinajstić information content (AvgIpc) is 3.01. The zero-order chi connectivity index (χ0) is 20.7. The minimum Gasteiger partial charge on any atom is -0.0949 e. The molecule has 0 heterocycles. The predicted octanol–water partition coefficient (Wildman–Crippen LogP) is 7.92. The Morgan fingerprint density at radius 2 is 1.37 bits per heavy atom. The van der Waals surface area contributed by atoms with Crippen LogP contribution in [0.2, 0.25) is 0 Å². The Bertz CT molecular complexity index is 1240. The third-order valence-corrected chi connectivity index (χ3v) is 6.44. The summed E-state index contributed by atoms with van der Waals surface area (Å²) in [4.78, 5) is 0. The molecule has 0 N–H and O–H groups in total. The largest absolute Gasteiger partial charge is 0.0949 e. The van der Waals surface area contributed by atoms with E-state index in [2.05, 4.69) is 117 Å². The smallest absolute Gasteiger partial charge is 0.0158 e. The van der Waals surface area contributed by atoms with Crippen LogP contribution < -0.4 is 0 Å². The lowest BCUT2D eigenvalue weighted by Gasteiger charge is -2.21. The van der Waals surface area contributed by atoms with E-state index in [1.54, 1.807) is 0 Å². The van der Waals surface area contributed by atoms with Crippen LogP contribution in [0, 0.1) is 0 Å². The highest BCUT2D eigenvalue weighted by Gasteiger charge is 2.34. The van der Waals surface area contributed by atoms with E-state index < -0.39 is 0 Å². The quantitative estimate of drug-likeness (QED) is 0.334. The molecule has 0 heteroatoms. The maximum Gasteiger partial charge on any atom is 0.0158 e. The fourth-order valence-electron chi connectivity index (χ4n) is 4.78. The topological polar surface area (TPSA) is 0 Å². The summed E-state index contributed by atoms with van der Waals surface area (Å²) >= 11 is 0. The van der Waals surface area contributed by atoms with Crippen LogP contribution in [0.5, 0.6) is 0 Å². The molecule has 0 aromatic heterocycles. The van der Waals surface area contributed by atoms with E-state index in [-0.39, 0.29) is 5.41 Å². The molecule has 4 aromatic rings. The summed E-state index contributed by atoms with van der Waals surface area (Å²) < 4.78 is 0. The molecule has 0 saturated carbocycles. The molecule has 0 saturated heterocycles. The second-order valence-electron chi connectivity index (χ2n) is 8.78. The fourth-order valence-corrected chi connectivity index (χ4v) is 4.78. The molecule has 1 aliphatic rings. The molecule has 0 atom stereocenters. The van der Waals surface area contributed by atoms with Gasteiger partial charge in [0.1, 0.15) is 0 Å². The molecule has 0 fully saturated rings.